The van der Waals surface area contributed by atoms with Crippen LogP contribution in [0.25, 0.3) is 17.2 Å². The summed E-state index contributed by atoms with van der Waals surface area (Å²) in [6.45, 7) is 10.5. The van der Waals surface area contributed by atoms with Crippen LogP contribution >= 0.6 is 11.8 Å². The van der Waals surface area contributed by atoms with Crippen LogP contribution in [0.4, 0.5) is 18.0 Å². The number of nitrogens with one attached hydrogen (secondary N) is 1. The highest BCUT2D eigenvalue weighted by Gasteiger charge is 2.39. The Labute approximate surface area is 195 Å². The van der Waals surface area contributed by atoms with Gasteiger partial charge in [0.05, 0.1) is 10.5 Å². The summed E-state index contributed by atoms with van der Waals surface area (Å²) in [7, 11) is 0. The number of rotatable bonds is 2. The molecule has 1 N–H and O–H groups in total. The Kier molecular flexibility index (Phi) is 5.55. The predicted octanol–water partition coefficient (Wildman–Crippen LogP) is 7.35. The summed E-state index contributed by atoms with van der Waals surface area (Å²) in [5.41, 5.74) is 3.06. The molecule has 0 aromatic heterocycles. The molecule has 2 aliphatic rings. The average Bonchev–Trinajstić information content (AvgIpc) is 3.01. The molecule has 4 rings (SSSR count). The van der Waals surface area contributed by atoms with Crippen LogP contribution in [0.1, 0.15) is 68.4 Å². The quantitative estimate of drug-likeness (QED) is 0.464. The third-order valence-electron chi connectivity index (χ3n) is 6.78. The highest BCUT2D eigenvalue weighted by molar-refractivity contribution is 8.18. The zero-order valence-corrected chi connectivity index (χ0v) is 20.1. The lowest BCUT2D eigenvalue weighted by Crippen LogP contribution is -2.34. The summed E-state index contributed by atoms with van der Waals surface area (Å²) in [4.78, 5) is 23.3. The number of carbonyl (C=O) groups is 2. The Morgan fingerprint density at radius 2 is 1.55 bits per heavy atom. The first-order valence-electron chi connectivity index (χ1n) is 10.8. The van der Waals surface area contributed by atoms with Crippen molar-refractivity contribution in [2.24, 2.45) is 0 Å². The van der Waals surface area contributed by atoms with E-state index in [0.29, 0.717) is 17.3 Å². The van der Waals surface area contributed by atoms with Crippen LogP contribution in [0.5, 0.6) is 0 Å². The van der Waals surface area contributed by atoms with Crippen LogP contribution in [0.2, 0.25) is 0 Å². The first kappa shape index (κ1) is 23.6. The van der Waals surface area contributed by atoms with Crippen molar-refractivity contribution in [3.8, 4) is 11.1 Å². The molecule has 174 valence electrons. The summed E-state index contributed by atoms with van der Waals surface area (Å²) in [6, 6.07) is 8.05. The Balaban J connectivity index is 1.89. The molecule has 2 aromatic rings. The average molecular weight is 474 g/mol. The minimum Gasteiger partial charge on any atom is -0.282 e. The molecule has 0 bridgehead atoms. The van der Waals surface area contributed by atoms with E-state index in [1.807, 2.05) is 19.1 Å². The molecule has 3 nitrogen and oxygen atoms in total. The van der Waals surface area contributed by atoms with Crippen molar-refractivity contribution < 1.29 is 22.8 Å². The minimum absolute atomic E-state index is 0.0337. The minimum atomic E-state index is -4.58. The lowest BCUT2D eigenvalue weighted by atomic mass is 9.62. The van der Waals surface area contributed by atoms with Gasteiger partial charge in [0.25, 0.3) is 11.1 Å². The van der Waals surface area contributed by atoms with Gasteiger partial charge in [0, 0.05) is 0 Å². The van der Waals surface area contributed by atoms with Gasteiger partial charge in [-0.15, -0.1) is 0 Å². The Hall–Kier alpha value is -2.54. The van der Waals surface area contributed by atoms with Crippen molar-refractivity contribution in [1.29, 1.82) is 0 Å². The topological polar surface area (TPSA) is 46.2 Å². The Morgan fingerprint density at radius 1 is 0.939 bits per heavy atom. The molecule has 1 heterocycles. The maximum absolute atomic E-state index is 14.2. The Morgan fingerprint density at radius 3 is 2.09 bits per heavy atom. The van der Waals surface area contributed by atoms with Crippen molar-refractivity contribution >= 4 is 29.0 Å². The standard InChI is InChI=1S/C26H26F3NO2S/c1-14-10-19-20(25(4,5)9-8-24(19,2)3)13-17(14)16-7-6-15(11-18(16)26(27,28)29)12-21-22(31)30-23(32)33-21/h6-7,10-13H,8-9H2,1-5H3,(H,30,31,32). The van der Waals surface area contributed by atoms with Crippen LogP contribution in [0.15, 0.2) is 35.2 Å². The van der Waals surface area contributed by atoms with Crippen molar-refractivity contribution in [2.75, 3.05) is 0 Å². The normalized spacial score (nSPS) is 20.7. The molecular weight excluding hydrogens is 447 g/mol. The number of halogens is 3. The maximum Gasteiger partial charge on any atom is 0.417 e. The van der Waals surface area contributed by atoms with Crippen LogP contribution in [-0.4, -0.2) is 11.1 Å². The zero-order chi connectivity index (χ0) is 24.3. The summed E-state index contributed by atoms with van der Waals surface area (Å²) >= 11 is 0.680. The van der Waals surface area contributed by atoms with E-state index < -0.39 is 22.9 Å². The van der Waals surface area contributed by atoms with Crippen LogP contribution in [-0.2, 0) is 21.8 Å². The fourth-order valence-corrected chi connectivity index (χ4v) is 5.39. The highest BCUT2D eigenvalue weighted by Crippen LogP contribution is 2.49. The lowest BCUT2D eigenvalue weighted by Gasteiger charge is -2.42. The molecule has 2 amide bonds. The Bertz CT molecular complexity index is 1210. The molecule has 2 aromatic carbocycles. The number of benzene rings is 2. The van der Waals surface area contributed by atoms with Crippen LogP contribution in [0.3, 0.4) is 0 Å². The second-order valence-electron chi connectivity index (χ2n) is 10.1. The number of imide groups is 1. The van der Waals surface area contributed by atoms with Gasteiger partial charge in [-0.1, -0.05) is 52.0 Å². The number of amides is 2. The van der Waals surface area contributed by atoms with E-state index in [9.17, 15) is 22.8 Å². The fourth-order valence-electron chi connectivity index (χ4n) is 4.71. The van der Waals surface area contributed by atoms with Gasteiger partial charge in [-0.25, -0.2) is 0 Å². The number of hydrogen-bond acceptors (Lipinski definition) is 3. The van der Waals surface area contributed by atoms with Gasteiger partial charge in [0.15, 0.2) is 0 Å². The summed E-state index contributed by atoms with van der Waals surface area (Å²) in [5.74, 6) is -0.599. The number of carbonyl (C=O) groups excluding carboxylic acids is 2. The number of fused-ring (bicyclic) bond motifs is 1. The molecule has 33 heavy (non-hydrogen) atoms. The van der Waals surface area contributed by atoms with E-state index in [1.54, 1.807) is 6.07 Å². The van der Waals surface area contributed by atoms with Crippen molar-refractivity contribution in [3.63, 3.8) is 0 Å². The van der Waals surface area contributed by atoms with Crippen molar-refractivity contribution in [1.82, 2.24) is 5.32 Å². The smallest absolute Gasteiger partial charge is 0.282 e. The van der Waals surface area contributed by atoms with E-state index in [1.165, 1.54) is 17.7 Å². The van der Waals surface area contributed by atoms with E-state index in [4.69, 9.17) is 0 Å². The van der Waals surface area contributed by atoms with E-state index in [0.717, 1.165) is 30.0 Å². The van der Waals surface area contributed by atoms with E-state index in [-0.39, 0.29) is 26.9 Å². The van der Waals surface area contributed by atoms with Crippen LogP contribution < -0.4 is 5.32 Å². The molecule has 1 aliphatic carbocycles. The molecule has 1 aliphatic heterocycles. The fraction of sp³-hybridized carbons (Fsp3) is 0.385. The molecule has 0 unspecified atom stereocenters. The molecule has 1 saturated heterocycles. The van der Waals surface area contributed by atoms with Crippen molar-refractivity contribution in [3.05, 3.63) is 63.1 Å². The summed E-state index contributed by atoms with van der Waals surface area (Å²) in [6.07, 6.45) is -1.28. The van der Waals surface area contributed by atoms with Gasteiger partial charge >= 0.3 is 6.18 Å². The van der Waals surface area contributed by atoms with Gasteiger partial charge in [0.1, 0.15) is 0 Å². The highest BCUT2D eigenvalue weighted by atomic mass is 32.2. The first-order valence-corrected chi connectivity index (χ1v) is 11.6. The summed E-state index contributed by atoms with van der Waals surface area (Å²) < 4.78 is 42.5. The van der Waals surface area contributed by atoms with Gasteiger partial charge < -0.3 is 0 Å². The molecule has 0 spiro atoms. The lowest BCUT2D eigenvalue weighted by molar-refractivity contribution is -0.137. The van der Waals surface area contributed by atoms with Gasteiger partial charge in [0.2, 0.25) is 0 Å². The van der Waals surface area contributed by atoms with Crippen molar-refractivity contribution in [2.45, 2.75) is 64.5 Å². The monoisotopic (exact) mass is 473 g/mol. The van der Waals surface area contributed by atoms with E-state index in [2.05, 4.69) is 33.0 Å². The largest absolute Gasteiger partial charge is 0.417 e. The maximum atomic E-state index is 14.2. The molecular formula is C26H26F3NO2S. The second-order valence-corrected chi connectivity index (χ2v) is 11.2. The van der Waals surface area contributed by atoms with Gasteiger partial charge in [-0.05, 0) is 87.9 Å². The predicted molar refractivity (Wildman–Crippen MR) is 126 cm³/mol. The molecule has 1 fully saturated rings. The number of alkyl halides is 3. The van der Waals surface area contributed by atoms with E-state index >= 15 is 0 Å². The third kappa shape index (κ3) is 4.35. The zero-order valence-electron chi connectivity index (χ0n) is 19.2. The third-order valence-corrected chi connectivity index (χ3v) is 7.59. The number of aryl methyl sites for hydroxylation is 1. The second kappa shape index (κ2) is 7.76. The van der Waals surface area contributed by atoms with Gasteiger partial charge in [-0.2, -0.15) is 13.2 Å². The molecule has 0 saturated carbocycles. The SMILES string of the molecule is Cc1cc2c(cc1-c1ccc(C=C3SC(=O)NC3=O)cc1C(F)(F)F)C(C)(C)CCC2(C)C. The van der Waals surface area contributed by atoms with Crippen LogP contribution in [0, 0.1) is 6.92 Å². The molecule has 0 atom stereocenters. The number of hydrogen-bond donors (Lipinski definition) is 1. The van der Waals surface area contributed by atoms with Gasteiger partial charge in [-0.3, -0.25) is 14.9 Å². The number of thioether (sulfide) groups is 1. The first-order chi connectivity index (χ1) is 15.2. The molecule has 0 radical (unpaired) electrons. The summed E-state index contributed by atoms with van der Waals surface area (Å²) in [5, 5.41) is 1.58. The molecule has 7 heteroatoms.